The van der Waals surface area contributed by atoms with Crippen LogP contribution in [-0.4, -0.2) is 43.0 Å². The van der Waals surface area contributed by atoms with Crippen LogP contribution in [0, 0.1) is 0 Å². The molecule has 6 nitrogen and oxygen atoms in total. The van der Waals surface area contributed by atoms with Crippen molar-refractivity contribution in [3.63, 3.8) is 0 Å². The van der Waals surface area contributed by atoms with Crippen LogP contribution in [0.2, 0.25) is 0 Å². The quantitative estimate of drug-likeness (QED) is 0.336. The SMILES string of the molecule is CCCN(CCC)CCCOc1ccc(CC(=O)N2c3ccccc3NC(=O)c3ccccc32)cc1. The summed E-state index contributed by atoms with van der Waals surface area (Å²) < 4.78 is 5.94. The number of para-hydroxylation sites is 3. The largest absolute Gasteiger partial charge is 0.494 e. The number of amides is 2. The number of fused-ring (bicyclic) bond motifs is 2. The van der Waals surface area contributed by atoms with E-state index in [0.29, 0.717) is 29.2 Å². The van der Waals surface area contributed by atoms with E-state index in [1.165, 1.54) is 12.8 Å². The van der Waals surface area contributed by atoms with Crippen LogP contribution in [0.15, 0.2) is 72.8 Å². The lowest BCUT2D eigenvalue weighted by Gasteiger charge is -2.24. The third-order valence-electron chi connectivity index (χ3n) is 6.28. The van der Waals surface area contributed by atoms with Gasteiger partial charge in [-0.15, -0.1) is 0 Å². The van der Waals surface area contributed by atoms with E-state index in [1.807, 2.05) is 60.7 Å². The number of hydrogen-bond acceptors (Lipinski definition) is 4. The molecule has 1 aliphatic heterocycles. The Balaban J connectivity index is 1.41. The predicted molar refractivity (Wildman–Crippen MR) is 145 cm³/mol. The molecule has 4 rings (SSSR count). The van der Waals surface area contributed by atoms with E-state index in [-0.39, 0.29) is 18.2 Å². The summed E-state index contributed by atoms with van der Waals surface area (Å²) in [5.41, 5.74) is 3.24. The predicted octanol–water partition coefficient (Wildman–Crippen LogP) is 6.05. The summed E-state index contributed by atoms with van der Waals surface area (Å²) in [6.07, 6.45) is 3.53. The molecule has 0 saturated carbocycles. The van der Waals surface area contributed by atoms with Crippen molar-refractivity contribution in [1.29, 1.82) is 0 Å². The zero-order chi connectivity index (χ0) is 25.3. The minimum atomic E-state index is -0.220. The smallest absolute Gasteiger partial charge is 0.257 e. The monoisotopic (exact) mass is 485 g/mol. The summed E-state index contributed by atoms with van der Waals surface area (Å²) in [4.78, 5) is 30.5. The van der Waals surface area contributed by atoms with Gasteiger partial charge in [0.05, 0.1) is 35.7 Å². The van der Waals surface area contributed by atoms with Crippen LogP contribution in [0.25, 0.3) is 0 Å². The molecule has 1 N–H and O–H groups in total. The Labute approximate surface area is 213 Å². The van der Waals surface area contributed by atoms with Gasteiger partial charge in [0.2, 0.25) is 5.91 Å². The fourth-order valence-electron chi connectivity index (χ4n) is 4.63. The van der Waals surface area contributed by atoms with Crippen LogP contribution in [0.5, 0.6) is 5.75 Å². The molecule has 36 heavy (non-hydrogen) atoms. The van der Waals surface area contributed by atoms with Crippen molar-refractivity contribution in [3.05, 3.63) is 83.9 Å². The number of anilines is 3. The third kappa shape index (κ3) is 6.13. The molecule has 1 heterocycles. The highest BCUT2D eigenvalue weighted by Crippen LogP contribution is 2.38. The number of rotatable bonds is 11. The summed E-state index contributed by atoms with van der Waals surface area (Å²) in [6, 6.07) is 22.3. The Kier molecular flexibility index (Phi) is 8.74. The van der Waals surface area contributed by atoms with Crippen molar-refractivity contribution in [2.24, 2.45) is 0 Å². The van der Waals surface area contributed by atoms with Gasteiger partial charge in [-0.1, -0.05) is 50.2 Å². The molecule has 0 saturated heterocycles. The first kappa shape index (κ1) is 25.5. The fourth-order valence-corrected chi connectivity index (χ4v) is 4.63. The summed E-state index contributed by atoms with van der Waals surface area (Å²) in [5, 5.41) is 2.93. The van der Waals surface area contributed by atoms with Crippen molar-refractivity contribution in [2.45, 2.75) is 39.5 Å². The molecule has 0 radical (unpaired) electrons. The highest BCUT2D eigenvalue weighted by atomic mass is 16.5. The highest BCUT2D eigenvalue weighted by molar-refractivity contribution is 6.17. The molecule has 0 atom stereocenters. The van der Waals surface area contributed by atoms with Gasteiger partial charge in [0, 0.05) is 6.54 Å². The maximum absolute atomic E-state index is 13.6. The van der Waals surface area contributed by atoms with E-state index in [0.717, 1.165) is 37.4 Å². The lowest BCUT2D eigenvalue weighted by Crippen LogP contribution is -2.28. The Morgan fingerprint density at radius 3 is 2.25 bits per heavy atom. The molecule has 0 fully saturated rings. The van der Waals surface area contributed by atoms with Crippen LogP contribution >= 0.6 is 0 Å². The van der Waals surface area contributed by atoms with Crippen molar-refractivity contribution in [1.82, 2.24) is 4.90 Å². The average molecular weight is 486 g/mol. The van der Waals surface area contributed by atoms with Crippen LogP contribution in [-0.2, 0) is 11.2 Å². The number of benzene rings is 3. The number of nitrogens with one attached hydrogen (secondary N) is 1. The van der Waals surface area contributed by atoms with Crippen molar-refractivity contribution < 1.29 is 14.3 Å². The van der Waals surface area contributed by atoms with Gasteiger partial charge in [0.15, 0.2) is 0 Å². The van der Waals surface area contributed by atoms with E-state index in [1.54, 1.807) is 17.0 Å². The van der Waals surface area contributed by atoms with Crippen LogP contribution in [0.1, 0.15) is 49.0 Å². The lowest BCUT2D eigenvalue weighted by molar-refractivity contribution is -0.117. The number of ether oxygens (including phenoxy) is 1. The molecule has 3 aromatic rings. The summed E-state index contributed by atoms with van der Waals surface area (Å²) in [6.45, 7) is 8.41. The van der Waals surface area contributed by atoms with E-state index in [4.69, 9.17) is 4.74 Å². The van der Waals surface area contributed by atoms with E-state index in [9.17, 15) is 9.59 Å². The van der Waals surface area contributed by atoms with Gasteiger partial charge in [-0.05, 0) is 74.3 Å². The summed E-state index contributed by atoms with van der Waals surface area (Å²) in [5.74, 6) is 0.485. The second-order valence-electron chi connectivity index (χ2n) is 9.08. The van der Waals surface area contributed by atoms with Gasteiger partial charge in [-0.3, -0.25) is 14.5 Å². The molecule has 188 valence electrons. The number of nitrogens with zero attached hydrogens (tertiary/aromatic N) is 2. The Morgan fingerprint density at radius 2 is 1.53 bits per heavy atom. The first-order chi connectivity index (χ1) is 17.6. The Hall–Kier alpha value is -3.64. The van der Waals surface area contributed by atoms with Crippen molar-refractivity contribution in [3.8, 4) is 5.75 Å². The van der Waals surface area contributed by atoms with Gasteiger partial charge in [-0.25, -0.2) is 0 Å². The molecule has 0 aliphatic carbocycles. The molecule has 1 aliphatic rings. The molecule has 0 spiro atoms. The minimum absolute atomic E-state index is 0.105. The average Bonchev–Trinajstić information content (AvgIpc) is 3.01. The molecule has 0 unspecified atom stereocenters. The maximum atomic E-state index is 13.6. The van der Waals surface area contributed by atoms with Gasteiger partial charge < -0.3 is 15.0 Å². The first-order valence-electron chi connectivity index (χ1n) is 12.9. The standard InChI is InChI=1S/C30H35N3O3/c1-3-18-32(19-4-2)20-9-21-36-24-16-14-23(15-17-24)22-29(34)33-27-12-7-5-10-25(27)30(35)31-26-11-6-8-13-28(26)33/h5-8,10-17H,3-4,9,18-22H2,1-2H3,(H,31,35). The van der Waals surface area contributed by atoms with Crippen LogP contribution in [0.4, 0.5) is 17.1 Å². The lowest BCUT2D eigenvalue weighted by atomic mass is 10.1. The summed E-state index contributed by atoms with van der Waals surface area (Å²) in [7, 11) is 0. The van der Waals surface area contributed by atoms with Gasteiger partial charge >= 0.3 is 0 Å². The molecule has 0 bridgehead atoms. The third-order valence-corrected chi connectivity index (χ3v) is 6.28. The normalized spacial score (nSPS) is 12.5. The number of carbonyl (C=O) groups is 2. The Bertz CT molecular complexity index is 1170. The minimum Gasteiger partial charge on any atom is -0.494 e. The Morgan fingerprint density at radius 1 is 0.861 bits per heavy atom. The van der Waals surface area contributed by atoms with E-state index < -0.39 is 0 Å². The van der Waals surface area contributed by atoms with E-state index in [2.05, 4.69) is 24.1 Å². The highest BCUT2D eigenvalue weighted by Gasteiger charge is 2.28. The van der Waals surface area contributed by atoms with E-state index >= 15 is 0 Å². The second kappa shape index (κ2) is 12.4. The van der Waals surface area contributed by atoms with Crippen LogP contribution in [0.3, 0.4) is 0 Å². The molecular weight excluding hydrogens is 450 g/mol. The van der Waals surface area contributed by atoms with Gasteiger partial charge in [-0.2, -0.15) is 0 Å². The topological polar surface area (TPSA) is 61.9 Å². The van der Waals surface area contributed by atoms with Crippen LogP contribution < -0.4 is 15.0 Å². The van der Waals surface area contributed by atoms with Gasteiger partial charge in [0.1, 0.15) is 5.75 Å². The molecule has 3 aromatic carbocycles. The number of carbonyl (C=O) groups excluding carboxylic acids is 2. The first-order valence-corrected chi connectivity index (χ1v) is 12.9. The fraction of sp³-hybridized carbons (Fsp3) is 0.333. The van der Waals surface area contributed by atoms with Gasteiger partial charge in [0.25, 0.3) is 5.91 Å². The summed E-state index contributed by atoms with van der Waals surface area (Å²) >= 11 is 0. The molecule has 6 heteroatoms. The maximum Gasteiger partial charge on any atom is 0.257 e. The zero-order valence-electron chi connectivity index (χ0n) is 21.2. The second-order valence-corrected chi connectivity index (χ2v) is 9.08. The molecule has 2 amide bonds. The molecular formula is C30H35N3O3. The van der Waals surface area contributed by atoms with Crippen molar-refractivity contribution >= 4 is 28.9 Å². The molecule has 0 aromatic heterocycles. The van der Waals surface area contributed by atoms with Crippen molar-refractivity contribution in [2.75, 3.05) is 36.5 Å². The number of hydrogen-bond donors (Lipinski definition) is 1. The zero-order valence-corrected chi connectivity index (χ0v) is 21.2.